The van der Waals surface area contributed by atoms with E-state index < -0.39 is 11.3 Å². The number of carbonyl (C=O) groups excluding carboxylic acids is 1. The van der Waals surface area contributed by atoms with Gasteiger partial charge in [0.2, 0.25) is 5.92 Å². The number of halogens is 2. The quantitative estimate of drug-likeness (QED) is 0.612. The minimum absolute atomic E-state index is 0.0606. The minimum atomic E-state index is -2.49. The van der Waals surface area contributed by atoms with Crippen molar-refractivity contribution in [2.24, 2.45) is 11.3 Å². The number of hydrogen-bond acceptors (Lipinski definition) is 1. The number of carbonyl (C=O) groups is 1. The third-order valence-corrected chi connectivity index (χ3v) is 3.07. The van der Waals surface area contributed by atoms with Crippen molar-refractivity contribution in [3.05, 3.63) is 0 Å². The molecule has 0 heterocycles. The predicted octanol–water partition coefficient (Wildman–Crippen LogP) is 3.04. The first kappa shape index (κ1) is 10.6. The van der Waals surface area contributed by atoms with Gasteiger partial charge >= 0.3 is 0 Å². The second kappa shape index (κ2) is 3.35. The molecular formula is C10H16F2O. The topological polar surface area (TPSA) is 17.1 Å². The summed E-state index contributed by atoms with van der Waals surface area (Å²) in [6, 6.07) is 0. The highest BCUT2D eigenvalue weighted by Gasteiger charge is 2.40. The Balaban J connectivity index is 2.55. The fourth-order valence-corrected chi connectivity index (χ4v) is 1.88. The molecule has 0 aliphatic heterocycles. The monoisotopic (exact) mass is 190 g/mol. The van der Waals surface area contributed by atoms with Crippen LogP contribution in [0.2, 0.25) is 0 Å². The van der Waals surface area contributed by atoms with Crippen molar-refractivity contribution in [2.45, 2.75) is 45.5 Å². The van der Waals surface area contributed by atoms with E-state index in [9.17, 15) is 13.6 Å². The van der Waals surface area contributed by atoms with Crippen LogP contribution in [0.4, 0.5) is 8.78 Å². The van der Waals surface area contributed by atoms with Crippen LogP contribution in [0.25, 0.3) is 0 Å². The van der Waals surface area contributed by atoms with E-state index in [-0.39, 0.29) is 18.8 Å². The molecule has 0 amide bonds. The van der Waals surface area contributed by atoms with Crippen LogP contribution in [0.1, 0.15) is 39.5 Å². The maximum absolute atomic E-state index is 12.8. The van der Waals surface area contributed by atoms with Gasteiger partial charge in [-0.1, -0.05) is 13.8 Å². The molecule has 1 aliphatic rings. The molecule has 0 unspecified atom stereocenters. The molecule has 1 aliphatic carbocycles. The van der Waals surface area contributed by atoms with E-state index in [1.165, 1.54) is 0 Å². The minimum Gasteiger partial charge on any atom is -0.303 e. The highest BCUT2D eigenvalue weighted by molar-refractivity contribution is 5.58. The van der Waals surface area contributed by atoms with Crippen LogP contribution in [-0.2, 0) is 4.79 Å². The Hall–Kier alpha value is -0.470. The molecule has 0 aromatic heterocycles. The lowest BCUT2D eigenvalue weighted by molar-refractivity contribution is -0.120. The van der Waals surface area contributed by atoms with Gasteiger partial charge in [-0.3, -0.25) is 0 Å². The first-order chi connectivity index (χ1) is 5.87. The summed E-state index contributed by atoms with van der Waals surface area (Å²) in [7, 11) is 0. The van der Waals surface area contributed by atoms with E-state index in [4.69, 9.17) is 0 Å². The largest absolute Gasteiger partial charge is 0.303 e. The fraction of sp³-hybridized carbons (Fsp3) is 0.900. The molecule has 0 N–H and O–H groups in total. The van der Waals surface area contributed by atoms with E-state index in [1.54, 1.807) is 0 Å². The molecule has 0 bridgehead atoms. The summed E-state index contributed by atoms with van der Waals surface area (Å²) in [5.41, 5.74) is -0.434. The molecule has 13 heavy (non-hydrogen) atoms. The Labute approximate surface area is 77.5 Å². The van der Waals surface area contributed by atoms with Crippen LogP contribution >= 0.6 is 0 Å². The highest BCUT2D eigenvalue weighted by Crippen LogP contribution is 2.42. The lowest BCUT2D eigenvalue weighted by Gasteiger charge is -2.35. The predicted molar refractivity (Wildman–Crippen MR) is 46.8 cm³/mol. The first-order valence-corrected chi connectivity index (χ1v) is 4.71. The molecule has 0 aromatic rings. The second-order valence-corrected chi connectivity index (χ2v) is 4.57. The summed E-state index contributed by atoms with van der Waals surface area (Å²) >= 11 is 0. The standard InChI is InChI=1S/C10H16F2O/c1-9(2,7-13)8-3-5-10(11,12)6-4-8/h7-8H,3-6H2,1-2H3. The van der Waals surface area contributed by atoms with E-state index in [0.29, 0.717) is 12.8 Å². The summed E-state index contributed by atoms with van der Waals surface area (Å²) < 4.78 is 25.6. The second-order valence-electron chi connectivity index (χ2n) is 4.57. The average molecular weight is 190 g/mol. The van der Waals surface area contributed by atoms with Gasteiger partial charge in [-0.25, -0.2) is 8.78 Å². The third-order valence-electron chi connectivity index (χ3n) is 3.07. The molecule has 1 rings (SSSR count). The van der Waals surface area contributed by atoms with Crippen LogP contribution in [0.5, 0.6) is 0 Å². The zero-order valence-electron chi connectivity index (χ0n) is 8.15. The van der Waals surface area contributed by atoms with Gasteiger partial charge in [-0.05, 0) is 18.8 Å². The van der Waals surface area contributed by atoms with Gasteiger partial charge in [-0.15, -0.1) is 0 Å². The molecule has 0 aromatic carbocycles. The van der Waals surface area contributed by atoms with Crippen LogP contribution in [0, 0.1) is 11.3 Å². The molecule has 1 saturated carbocycles. The van der Waals surface area contributed by atoms with Gasteiger partial charge in [0.1, 0.15) is 6.29 Å². The third kappa shape index (κ3) is 2.48. The van der Waals surface area contributed by atoms with Gasteiger partial charge in [-0.2, -0.15) is 0 Å². The summed E-state index contributed by atoms with van der Waals surface area (Å²) in [6.07, 6.45) is 1.71. The normalized spacial score (nSPS) is 24.3. The summed E-state index contributed by atoms with van der Waals surface area (Å²) in [5, 5.41) is 0. The Bertz CT molecular complexity index is 189. The zero-order chi connectivity index (χ0) is 10.1. The van der Waals surface area contributed by atoms with E-state index in [0.717, 1.165) is 6.29 Å². The van der Waals surface area contributed by atoms with Crippen LogP contribution in [0.3, 0.4) is 0 Å². The maximum Gasteiger partial charge on any atom is 0.248 e. The number of hydrogen-bond donors (Lipinski definition) is 0. The molecule has 1 fully saturated rings. The van der Waals surface area contributed by atoms with Crippen LogP contribution in [0.15, 0.2) is 0 Å². The van der Waals surface area contributed by atoms with Crippen molar-refractivity contribution in [3.8, 4) is 0 Å². The Morgan fingerprint density at radius 1 is 1.31 bits per heavy atom. The van der Waals surface area contributed by atoms with Crippen LogP contribution < -0.4 is 0 Å². The lowest BCUT2D eigenvalue weighted by atomic mass is 9.71. The summed E-state index contributed by atoms with van der Waals surface area (Å²) in [6.45, 7) is 3.66. The van der Waals surface area contributed by atoms with Crippen molar-refractivity contribution in [1.29, 1.82) is 0 Å². The smallest absolute Gasteiger partial charge is 0.248 e. The number of aldehydes is 1. The highest BCUT2D eigenvalue weighted by atomic mass is 19.3. The van der Waals surface area contributed by atoms with Gasteiger partial charge < -0.3 is 4.79 Å². The maximum atomic E-state index is 12.8. The van der Waals surface area contributed by atoms with Crippen molar-refractivity contribution >= 4 is 6.29 Å². The van der Waals surface area contributed by atoms with Gasteiger partial charge in [0.25, 0.3) is 0 Å². The Morgan fingerprint density at radius 3 is 2.15 bits per heavy atom. The number of alkyl halides is 2. The summed E-state index contributed by atoms with van der Waals surface area (Å²) in [4.78, 5) is 10.7. The molecule has 0 radical (unpaired) electrons. The molecule has 1 nitrogen and oxygen atoms in total. The molecule has 3 heteroatoms. The number of rotatable bonds is 2. The first-order valence-electron chi connectivity index (χ1n) is 4.71. The van der Waals surface area contributed by atoms with Gasteiger partial charge in [0, 0.05) is 18.3 Å². The zero-order valence-corrected chi connectivity index (χ0v) is 8.15. The van der Waals surface area contributed by atoms with Crippen molar-refractivity contribution < 1.29 is 13.6 Å². The lowest BCUT2D eigenvalue weighted by Crippen LogP contribution is -2.33. The van der Waals surface area contributed by atoms with Gasteiger partial charge in [0.05, 0.1) is 0 Å². The van der Waals surface area contributed by atoms with Crippen molar-refractivity contribution in [1.82, 2.24) is 0 Å². The Kier molecular flexibility index (Phi) is 2.74. The van der Waals surface area contributed by atoms with E-state index in [1.807, 2.05) is 13.8 Å². The summed E-state index contributed by atoms with van der Waals surface area (Å²) in [5.74, 6) is -2.36. The van der Waals surface area contributed by atoms with E-state index in [2.05, 4.69) is 0 Å². The van der Waals surface area contributed by atoms with Crippen LogP contribution in [-0.4, -0.2) is 12.2 Å². The van der Waals surface area contributed by atoms with E-state index >= 15 is 0 Å². The molecule has 0 spiro atoms. The Morgan fingerprint density at radius 2 is 1.77 bits per heavy atom. The molecule has 0 saturated heterocycles. The van der Waals surface area contributed by atoms with Crippen molar-refractivity contribution in [3.63, 3.8) is 0 Å². The van der Waals surface area contributed by atoms with Gasteiger partial charge in [0.15, 0.2) is 0 Å². The average Bonchev–Trinajstić information content (AvgIpc) is 2.04. The van der Waals surface area contributed by atoms with Crippen molar-refractivity contribution in [2.75, 3.05) is 0 Å². The molecule has 0 atom stereocenters. The fourth-order valence-electron chi connectivity index (χ4n) is 1.88. The molecule has 76 valence electrons. The SMILES string of the molecule is CC(C)(C=O)C1CCC(F)(F)CC1. The molecular weight excluding hydrogens is 174 g/mol.